The van der Waals surface area contributed by atoms with Gasteiger partial charge in [-0.05, 0) is 78.2 Å². The highest BCUT2D eigenvalue weighted by molar-refractivity contribution is 5.75. The van der Waals surface area contributed by atoms with Crippen molar-refractivity contribution in [3.05, 3.63) is 0 Å². The van der Waals surface area contributed by atoms with Gasteiger partial charge in [0.25, 0.3) is 0 Å². The number of carboxylic acids is 4. The number of aliphatic carboxylic acids is 4. The highest BCUT2D eigenvalue weighted by atomic mass is 16.4. The zero-order valence-corrected chi connectivity index (χ0v) is 24.1. The van der Waals surface area contributed by atoms with Gasteiger partial charge in [0, 0.05) is 13.1 Å². The fraction of sp³-hybridized carbons (Fsp3) is 0.852. The Bertz CT molecular complexity index is 698. The SMILES string of the molecule is CNCCCCC(NCCCCCCCCNCCCCC(NCNC(CCC(=O)O)C(=O)O)C(=O)O)C(=O)O. The van der Waals surface area contributed by atoms with Gasteiger partial charge in [-0.2, -0.15) is 0 Å². The summed E-state index contributed by atoms with van der Waals surface area (Å²) in [6.45, 7) is 3.31. The molecule has 0 aliphatic heterocycles. The summed E-state index contributed by atoms with van der Waals surface area (Å²) in [5.74, 6) is -4.04. The lowest BCUT2D eigenvalue weighted by molar-refractivity contribution is -0.141. The van der Waals surface area contributed by atoms with E-state index in [1.54, 1.807) is 0 Å². The molecule has 0 aromatic carbocycles. The number of hydrogen-bond acceptors (Lipinski definition) is 9. The average molecular weight is 576 g/mol. The molecule has 0 aliphatic rings. The molecule has 0 aromatic rings. The first-order chi connectivity index (χ1) is 19.2. The van der Waals surface area contributed by atoms with Crippen molar-refractivity contribution < 1.29 is 39.6 Å². The number of hydrogen-bond donors (Lipinski definition) is 9. The summed E-state index contributed by atoms with van der Waals surface area (Å²) >= 11 is 0. The van der Waals surface area contributed by atoms with Crippen LogP contribution in [-0.2, 0) is 19.2 Å². The molecule has 13 nitrogen and oxygen atoms in total. The molecule has 0 heterocycles. The molecule has 234 valence electrons. The van der Waals surface area contributed by atoms with Crippen LogP contribution in [0.25, 0.3) is 0 Å². The highest BCUT2D eigenvalue weighted by Crippen LogP contribution is 2.07. The van der Waals surface area contributed by atoms with Gasteiger partial charge in [-0.15, -0.1) is 0 Å². The molecule has 3 atom stereocenters. The molecule has 40 heavy (non-hydrogen) atoms. The van der Waals surface area contributed by atoms with Gasteiger partial charge in [0.2, 0.25) is 0 Å². The van der Waals surface area contributed by atoms with E-state index in [2.05, 4.69) is 26.6 Å². The van der Waals surface area contributed by atoms with Crippen LogP contribution in [0.5, 0.6) is 0 Å². The van der Waals surface area contributed by atoms with Crippen molar-refractivity contribution in [2.75, 3.05) is 39.9 Å². The first-order valence-corrected chi connectivity index (χ1v) is 14.6. The second-order valence-electron chi connectivity index (χ2n) is 10.1. The van der Waals surface area contributed by atoms with E-state index in [0.29, 0.717) is 19.3 Å². The van der Waals surface area contributed by atoms with Gasteiger partial charge in [-0.3, -0.25) is 29.8 Å². The smallest absolute Gasteiger partial charge is 0.320 e. The molecule has 0 fully saturated rings. The Balaban J connectivity index is 3.74. The molecule has 0 saturated carbocycles. The van der Waals surface area contributed by atoms with Crippen LogP contribution in [0.2, 0.25) is 0 Å². The third-order valence-corrected chi connectivity index (χ3v) is 6.68. The normalized spacial score (nSPS) is 13.5. The molecule has 0 aromatic heterocycles. The minimum absolute atomic E-state index is 0.0393. The first-order valence-electron chi connectivity index (χ1n) is 14.6. The minimum atomic E-state index is -1.17. The Morgan fingerprint density at radius 1 is 0.525 bits per heavy atom. The summed E-state index contributed by atoms with van der Waals surface area (Å²) in [5.41, 5.74) is 0. The van der Waals surface area contributed by atoms with Gasteiger partial charge < -0.3 is 36.4 Å². The minimum Gasteiger partial charge on any atom is -0.481 e. The quantitative estimate of drug-likeness (QED) is 0.0439. The van der Waals surface area contributed by atoms with E-state index in [1.165, 1.54) is 0 Å². The number of nitrogens with one attached hydrogen (secondary N) is 5. The maximum absolute atomic E-state index is 11.5. The summed E-state index contributed by atoms with van der Waals surface area (Å²) < 4.78 is 0. The Morgan fingerprint density at radius 3 is 1.45 bits per heavy atom. The second kappa shape index (κ2) is 25.6. The van der Waals surface area contributed by atoms with E-state index in [-0.39, 0.29) is 19.5 Å². The lowest BCUT2D eigenvalue weighted by Crippen LogP contribution is -2.47. The average Bonchev–Trinajstić information content (AvgIpc) is 2.89. The van der Waals surface area contributed by atoms with Crippen LogP contribution in [0.15, 0.2) is 0 Å². The third-order valence-electron chi connectivity index (χ3n) is 6.68. The van der Waals surface area contributed by atoms with Crippen LogP contribution in [0.4, 0.5) is 0 Å². The van der Waals surface area contributed by atoms with Gasteiger partial charge in [0.15, 0.2) is 0 Å². The molecule has 0 spiro atoms. The summed E-state index contributed by atoms with van der Waals surface area (Å²) in [4.78, 5) is 44.6. The predicted octanol–water partition coefficient (Wildman–Crippen LogP) is 1.43. The lowest BCUT2D eigenvalue weighted by Gasteiger charge is -2.18. The molecule has 9 N–H and O–H groups in total. The summed E-state index contributed by atoms with van der Waals surface area (Å²) in [5, 5.41) is 51.6. The van der Waals surface area contributed by atoms with E-state index < -0.39 is 42.0 Å². The molecule has 0 rings (SSSR count). The Kier molecular flexibility index (Phi) is 24.1. The molecule has 13 heteroatoms. The maximum atomic E-state index is 11.5. The molecular weight excluding hydrogens is 522 g/mol. The predicted molar refractivity (Wildman–Crippen MR) is 152 cm³/mol. The largest absolute Gasteiger partial charge is 0.481 e. The fourth-order valence-corrected chi connectivity index (χ4v) is 4.24. The van der Waals surface area contributed by atoms with Crippen LogP contribution in [-0.4, -0.2) is 102 Å². The Labute approximate surface area is 238 Å². The fourth-order valence-electron chi connectivity index (χ4n) is 4.24. The van der Waals surface area contributed by atoms with Crippen molar-refractivity contribution in [2.45, 2.75) is 108 Å². The van der Waals surface area contributed by atoms with Gasteiger partial charge in [0.1, 0.15) is 18.1 Å². The van der Waals surface area contributed by atoms with Crippen molar-refractivity contribution in [2.24, 2.45) is 0 Å². The first kappa shape index (κ1) is 37.7. The van der Waals surface area contributed by atoms with E-state index in [9.17, 15) is 29.4 Å². The number of carboxylic acid groups (broad SMARTS) is 4. The van der Waals surface area contributed by atoms with Crippen LogP contribution in [0, 0.1) is 0 Å². The standard InChI is InChI=1S/C27H53N5O8/c1-28-16-10-6-12-21(25(35)36)30-19-9-5-3-2-4-8-17-29-18-11-7-13-22(26(37)38)31-20-32-23(27(39)40)14-15-24(33)34/h21-23,28-32H,2-20H2,1H3,(H,33,34)(H,35,36)(H,37,38)(H,39,40). The highest BCUT2D eigenvalue weighted by Gasteiger charge is 2.20. The molecular formula is C27H53N5O8. The molecule has 0 saturated heterocycles. The number of rotatable bonds is 30. The number of unbranched alkanes of at least 4 members (excludes halogenated alkanes) is 7. The van der Waals surface area contributed by atoms with Gasteiger partial charge in [-0.1, -0.05) is 38.5 Å². The second-order valence-corrected chi connectivity index (χ2v) is 10.1. The molecule has 0 bridgehead atoms. The van der Waals surface area contributed by atoms with E-state index >= 15 is 0 Å². The molecule has 0 amide bonds. The van der Waals surface area contributed by atoms with Gasteiger partial charge >= 0.3 is 23.9 Å². The zero-order chi connectivity index (χ0) is 30.0. The summed E-state index contributed by atoms with van der Waals surface area (Å²) in [6.07, 6.45) is 10.6. The van der Waals surface area contributed by atoms with Crippen molar-refractivity contribution >= 4 is 23.9 Å². The van der Waals surface area contributed by atoms with Crippen LogP contribution in [0.3, 0.4) is 0 Å². The van der Waals surface area contributed by atoms with Crippen LogP contribution >= 0.6 is 0 Å². The van der Waals surface area contributed by atoms with Crippen molar-refractivity contribution in [1.29, 1.82) is 0 Å². The molecule has 0 aliphatic carbocycles. The third kappa shape index (κ3) is 22.5. The van der Waals surface area contributed by atoms with Crippen molar-refractivity contribution in [3.8, 4) is 0 Å². The lowest BCUT2D eigenvalue weighted by atomic mass is 10.1. The maximum Gasteiger partial charge on any atom is 0.320 e. The van der Waals surface area contributed by atoms with E-state index in [4.69, 9.17) is 10.2 Å². The summed E-state index contributed by atoms with van der Waals surface area (Å²) in [6, 6.07) is -2.33. The van der Waals surface area contributed by atoms with Gasteiger partial charge in [0.05, 0.1) is 0 Å². The molecule has 3 unspecified atom stereocenters. The Hall–Kier alpha value is -2.32. The molecule has 0 radical (unpaired) electrons. The monoisotopic (exact) mass is 575 g/mol. The summed E-state index contributed by atoms with van der Waals surface area (Å²) in [7, 11) is 1.89. The van der Waals surface area contributed by atoms with Crippen LogP contribution < -0.4 is 26.6 Å². The Morgan fingerprint density at radius 2 is 0.950 bits per heavy atom. The number of carbonyl (C=O) groups is 4. The van der Waals surface area contributed by atoms with E-state index in [1.807, 2.05) is 7.05 Å². The van der Waals surface area contributed by atoms with Crippen molar-refractivity contribution in [3.63, 3.8) is 0 Å². The van der Waals surface area contributed by atoms with Crippen molar-refractivity contribution in [1.82, 2.24) is 26.6 Å². The van der Waals surface area contributed by atoms with Crippen LogP contribution in [0.1, 0.15) is 89.9 Å². The zero-order valence-electron chi connectivity index (χ0n) is 24.1. The topological polar surface area (TPSA) is 209 Å². The van der Waals surface area contributed by atoms with Gasteiger partial charge in [-0.25, -0.2) is 0 Å². The van der Waals surface area contributed by atoms with E-state index in [0.717, 1.165) is 84.0 Å².